The normalized spacial score (nSPS) is 9.00. The minimum Gasteiger partial charge on any atom is -0.315 e. The smallest absolute Gasteiger partial charge is 0.0585 e. The summed E-state index contributed by atoms with van der Waals surface area (Å²) in [5, 5.41) is 0. The molecule has 0 aromatic carbocycles. The second-order valence-electron chi connectivity index (χ2n) is 0.738. The first-order chi connectivity index (χ1) is 2.91. The van der Waals surface area contributed by atoms with Crippen LogP contribution in [0.3, 0.4) is 0 Å². The molecule has 1 radical (unpaired) electrons. The van der Waals surface area contributed by atoms with Crippen molar-refractivity contribution < 1.29 is 4.18 Å². The molecule has 6 heavy (non-hydrogen) atoms. The van der Waals surface area contributed by atoms with E-state index >= 15 is 0 Å². The van der Waals surface area contributed by atoms with Gasteiger partial charge in [-0.25, -0.2) is 0 Å². The maximum Gasteiger partial charge on any atom is 0.0585 e. The van der Waals surface area contributed by atoms with Gasteiger partial charge in [0.15, 0.2) is 0 Å². The lowest BCUT2D eigenvalue weighted by Crippen LogP contribution is -1.72. The molecule has 2 heteroatoms. The SMILES string of the molecule is C[CH]SOCC. The van der Waals surface area contributed by atoms with E-state index in [1.54, 1.807) is 0 Å². The molecule has 0 heterocycles. The molecular weight excluding hydrogens is 96.1 g/mol. The van der Waals surface area contributed by atoms with Crippen LogP contribution in [0.5, 0.6) is 0 Å². The van der Waals surface area contributed by atoms with Gasteiger partial charge in [0.05, 0.1) is 6.61 Å². The Balaban J connectivity index is 2.34. The number of hydrogen-bond acceptors (Lipinski definition) is 2. The summed E-state index contributed by atoms with van der Waals surface area (Å²) in [5.41, 5.74) is 0. The first kappa shape index (κ1) is 6.31. The minimum atomic E-state index is 0.787. The largest absolute Gasteiger partial charge is 0.315 e. The van der Waals surface area contributed by atoms with Gasteiger partial charge in [0.1, 0.15) is 0 Å². The molecule has 0 aromatic heterocycles. The molecule has 0 saturated carbocycles. The second kappa shape index (κ2) is 5.31. The summed E-state index contributed by atoms with van der Waals surface area (Å²) in [4.78, 5) is 0. The van der Waals surface area contributed by atoms with E-state index in [4.69, 9.17) is 4.18 Å². The van der Waals surface area contributed by atoms with Gasteiger partial charge in [0, 0.05) is 5.75 Å². The number of rotatable bonds is 3. The average Bonchev–Trinajstić information content (AvgIpc) is 1.61. The summed E-state index contributed by atoms with van der Waals surface area (Å²) in [5.74, 6) is 1.91. The van der Waals surface area contributed by atoms with Gasteiger partial charge in [-0.3, -0.25) is 0 Å². The highest BCUT2D eigenvalue weighted by atomic mass is 32.2. The fourth-order valence-electron chi connectivity index (χ4n) is 0.136. The van der Waals surface area contributed by atoms with Crippen LogP contribution >= 0.6 is 12.0 Å². The van der Waals surface area contributed by atoms with E-state index in [1.807, 2.05) is 19.6 Å². The summed E-state index contributed by atoms with van der Waals surface area (Å²) in [6, 6.07) is 0. The van der Waals surface area contributed by atoms with Crippen LogP contribution in [0.25, 0.3) is 0 Å². The van der Waals surface area contributed by atoms with E-state index in [2.05, 4.69) is 0 Å². The molecule has 0 saturated heterocycles. The first-order valence-corrected chi connectivity index (χ1v) is 2.78. The second-order valence-corrected chi connectivity index (χ2v) is 1.64. The Labute approximate surface area is 43.3 Å². The molecule has 37 valence electrons. The molecule has 1 nitrogen and oxygen atoms in total. The molecule has 0 spiro atoms. The predicted octanol–water partition coefficient (Wildman–Crippen LogP) is 1.85. The molecule has 0 amide bonds. The lowest BCUT2D eigenvalue weighted by Gasteiger charge is -1.89. The van der Waals surface area contributed by atoms with Crippen LogP contribution in [0.2, 0.25) is 0 Å². The van der Waals surface area contributed by atoms with Crippen molar-refractivity contribution in [2.45, 2.75) is 13.8 Å². The predicted molar refractivity (Wildman–Crippen MR) is 29.2 cm³/mol. The zero-order valence-corrected chi connectivity index (χ0v) is 4.92. The van der Waals surface area contributed by atoms with Crippen molar-refractivity contribution in [1.29, 1.82) is 0 Å². The molecule has 0 aliphatic carbocycles. The standard InChI is InChI=1S/C4H9OS/c1-3-5-6-4-2/h4H,3H2,1-2H3. The third-order valence-electron chi connectivity index (χ3n) is 0.282. The van der Waals surface area contributed by atoms with Crippen molar-refractivity contribution in [3.05, 3.63) is 5.75 Å². The van der Waals surface area contributed by atoms with Gasteiger partial charge < -0.3 is 4.18 Å². The highest BCUT2D eigenvalue weighted by Gasteiger charge is 1.74. The third kappa shape index (κ3) is 4.31. The van der Waals surface area contributed by atoms with Crippen molar-refractivity contribution in [2.75, 3.05) is 6.61 Å². The third-order valence-corrected chi connectivity index (χ3v) is 0.846. The lowest BCUT2D eigenvalue weighted by atomic mass is 10.9. The molecule has 0 atom stereocenters. The summed E-state index contributed by atoms with van der Waals surface area (Å²) in [6.45, 7) is 4.70. The molecular formula is C4H9OS. The molecule has 0 fully saturated rings. The van der Waals surface area contributed by atoms with Crippen LogP contribution < -0.4 is 0 Å². The van der Waals surface area contributed by atoms with E-state index in [9.17, 15) is 0 Å². The van der Waals surface area contributed by atoms with Crippen LogP contribution in [0, 0.1) is 5.75 Å². The van der Waals surface area contributed by atoms with E-state index in [-0.39, 0.29) is 0 Å². The van der Waals surface area contributed by atoms with Gasteiger partial charge >= 0.3 is 0 Å². The first-order valence-electron chi connectivity index (χ1n) is 1.98. The quantitative estimate of drug-likeness (QED) is 0.400. The van der Waals surface area contributed by atoms with Gasteiger partial charge in [-0.05, 0) is 25.9 Å². The molecule has 0 unspecified atom stereocenters. The summed E-state index contributed by atoms with van der Waals surface area (Å²) < 4.78 is 4.84. The van der Waals surface area contributed by atoms with Crippen LogP contribution in [-0.4, -0.2) is 6.61 Å². The number of hydrogen-bond donors (Lipinski definition) is 0. The minimum absolute atomic E-state index is 0.787. The van der Waals surface area contributed by atoms with Crippen molar-refractivity contribution in [3.8, 4) is 0 Å². The van der Waals surface area contributed by atoms with Crippen molar-refractivity contribution in [3.63, 3.8) is 0 Å². The zero-order chi connectivity index (χ0) is 4.83. The Bertz CT molecular complexity index is 19.5. The fourth-order valence-corrected chi connectivity index (χ4v) is 0.408. The fraction of sp³-hybridized carbons (Fsp3) is 0.750. The summed E-state index contributed by atoms with van der Waals surface area (Å²) in [7, 11) is 0. The molecule has 0 rings (SSSR count). The van der Waals surface area contributed by atoms with E-state index in [1.165, 1.54) is 12.0 Å². The van der Waals surface area contributed by atoms with Crippen molar-refractivity contribution >= 4 is 12.0 Å². The highest BCUT2D eigenvalue weighted by molar-refractivity contribution is 7.96. The van der Waals surface area contributed by atoms with Crippen LogP contribution in [0.4, 0.5) is 0 Å². The van der Waals surface area contributed by atoms with Gasteiger partial charge in [0.2, 0.25) is 0 Å². The molecule has 0 aliphatic rings. The molecule has 0 aliphatic heterocycles. The van der Waals surface area contributed by atoms with Gasteiger partial charge in [0.25, 0.3) is 0 Å². The van der Waals surface area contributed by atoms with Crippen LogP contribution in [0.15, 0.2) is 0 Å². The Hall–Kier alpha value is 0.310. The zero-order valence-electron chi connectivity index (χ0n) is 4.10. The highest BCUT2D eigenvalue weighted by Crippen LogP contribution is 2.03. The van der Waals surface area contributed by atoms with Crippen molar-refractivity contribution in [1.82, 2.24) is 0 Å². The van der Waals surface area contributed by atoms with Gasteiger partial charge in [-0.1, -0.05) is 0 Å². The Morgan fingerprint density at radius 1 is 1.83 bits per heavy atom. The van der Waals surface area contributed by atoms with Gasteiger partial charge in [-0.2, -0.15) is 0 Å². The van der Waals surface area contributed by atoms with E-state index in [0.717, 1.165) is 6.61 Å². The Morgan fingerprint density at radius 2 is 2.50 bits per heavy atom. The molecule has 0 N–H and O–H groups in total. The lowest BCUT2D eigenvalue weighted by molar-refractivity contribution is 0.404. The summed E-state index contributed by atoms with van der Waals surface area (Å²) >= 11 is 1.38. The monoisotopic (exact) mass is 105 g/mol. The van der Waals surface area contributed by atoms with E-state index < -0.39 is 0 Å². The molecule has 0 aromatic rings. The molecule has 0 bridgehead atoms. The van der Waals surface area contributed by atoms with Gasteiger partial charge in [-0.15, -0.1) is 0 Å². The Morgan fingerprint density at radius 3 is 2.67 bits per heavy atom. The van der Waals surface area contributed by atoms with Crippen LogP contribution in [0.1, 0.15) is 13.8 Å². The Kier molecular flexibility index (Phi) is 5.58. The van der Waals surface area contributed by atoms with Crippen molar-refractivity contribution in [2.24, 2.45) is 0 Å². The van der Waals surface area contributed by atoms with Crippen LogP contribution in [-0.2, 0) is 4.18 Å². The van der Waals surface area contributed by atoms with E-state index in [0.29, 0.717) is 0 Å². The topological polar surface area (TPSA) is 9.23 Å². The average molecular weight is 105 g/mol. The summed E-state index contributed by atoms with van der Waals surface area (Å²) in [6.07, 6.45) is 0. The maximum atomic E-state index is 4.84. The maximum absolute atomic E-state index is 4.84.